The largest absolute Gasteiger partial charge is 0.417 e. The van der Waals surface area contributed by atoms with Gasteiger partial charge in [-0.15, -0.1) is 10.2 Å². The highest BCUT2D eigenvalue weighted by molar-refractivity contribution is 7.99. The zero-order chi connectivity index (χ0) is 18.9. The average molecular weight is 395 g/mol. The Morgan fingerprint density at radius 3 is 2.40 bits per heavy atom. The maximum atomic E-state index is 13.0. The molecule has 2 rings (SSSR count). The SMILES string of the molecule is CC(C)N(C(=O)CSc1nnc2c(Cl)cc(C(F)(F)F)cn12)C(C)C. The van der Waals surface area contributed by atoms with Gasteiger partial charge in [0, 0.05) is 18.3 Å². The smallest absolute Gasteiger partial charge is 0.337 e. The van der Waals surface area contributed by atoms with Crippen LogP contribution in [0.3, 0.4) is 0 Å². The summed E-state index contributed by atoms with van der Waals surface area (Å²) in [5, 5.41) is 7.69. The molecule has 0 aromatic carbocycles. The third-order valence-electron chi connectivity index (χ3n) is 3.48. The van der Waals surface area contributed by atoms with Crippen LogP contribution < -0.4 is 0 Å². The molecule has 5 nitrogen and oxygen atoms in total. The number of fused-ring (bicyclic) bond motifs is 1. The van der Waals surface area contributed by atoms with E-state index in [0.29, 0.717) is 0 Å². The number of hydrogen-bond acceptors (Lipinski definition) is 4. The van der Waals surface area contributed by atoms with E-state index in [4.69, 9.17) is 11.6 Å². The Morgan fingerprint density at radius 1 is 1.28 bits per heavy atom. The third-order valence-corrected chi connectivity index (χ3v) is 4.69. The number of thioether (sulfide) groups is 1. The fourth-order valence-corrected chi connectivity index (χ4v) is 3.59. The summed E-state index contributed by atoms with van der Waals surface area (Å²) in [4.78, 5) is 14.1. The molecule has 2 heterocycles. The van der Waals surface area contributed by atoms with E-state index in [9.17, 15) is 18.0 Å². The van der Waals surface area contributed by atoms with E-state index < -0.39 is 11.7 Å². The van der Waals surface area contributed by atoms with Crippen molar-refractivity contribution in [1.29, 1.82) is 0 Å². The fourth-order valence-electron chi connectivity index (χ4n) is 2.56. The van der Waals surface area contributed by atoms with Gasteiger partial charge in [0.05, 0.1) is 16.3 Å². The lowest BCUT2D eigenvalue weighted by Crippen LogP contribution is -2.43. The van der Waals surface area contributed by atoms with E-state index in [1.165, 1.54) is 0 Å². The van der Waals surface area contributed by atoms with Gasteiger partial charge in [-0.05, 0) is 33.8 Å². The summed E-state index contributed by atoms with van der Waals surface area (Å²) >= 11 is 6.90. The molecule has 25 heavy (non-hydrogen) atoms. The molecule has 0 fully saturated rings. The van der Waals surface area contributed by atoms with Gasteiger partial charge in [0.25, 0.3) is 0 Å². The molecular weight excluding hydrogens is 377 g/mol. The standard InChI is InChI=1S/C15H18ClF3N4OS/c1-8(2)23(9(3)4)12(24)7-25-14-21-20-13-11(16)5-10(6-22(13)14)15(17,18)19/h5-6,8-9H,7H2,1-4H3. The van der Waals surface area contributed by atoms with Crippen LogP contribution in [0, 0.1) is 0 Å². The molecule has 0 saturated carbocycles. The molecule has 0 aliphatic carbocycles. The van der Waals surface area contributed by atoms with E-state index in [-0.39, 0.29) is 39.6 Å². The van der Waals surface area contributed by atoms with Crippen molar-refractivity contribution >= 4 is 34.9 Å². The molecule has 0 radical (unpaired) electrons. The van der Waals surface area contributed by atoms with Crippen LogP contribution in [0.4, 0.5) is 13.2 Å². The topological polar surface area (TPSA) is 50.5 Å². The van der Waals surface area contributed by atoms with Gasteiger partial charge >= 0.3 is 6.18 Å². The maximum absolute atomic E-state index is 13.0. The summed E-state index contributed by atoms with van der Waals surface area (Å²) in [6.45, 7) is 7.63. The first-order valence-electron chi connectivity index (χ1n) is 7.57. The number of carbonyl (C=O) groups excluding carboxylic acids is 1. The summed E-state index contributed by atoms with van der Waals surface area (Å²) in [5.41, 5.74) is -0.779. The van der Waals surface area contributed by atoms with Gasteiger partial charge in [-0.2, -0.15) is 13.2 Å². The molecule has 2 aromatic rings. The van der Waals surface area contributed by atoms with E-state index in [0.717, 1.165) is 28.4 Å². The highest BCUT2D eigenvalue weighted by Crippen LogP contribution is 2.33. The zero-order valence-corrected chi connectivity index (χ0v) is 15.7. The molecule has 2 aromatic heterocycles. The van der Waals surface area contributed by atoms with Crippen LogP contribution in [0.1, 0.15) is 33.3 Å². The Bertz CT molecular complexity index is 768. The lowest BCUT2D eigenvalue weighted by molar-refractivity contribution is -0.138. The van der Waals surface area contributed by atoms with Crippen molar-refractivity contribution in [2.75, 3.05) is 5.75 Å². The summed E-state index contributed by atoms with van der Waals surface area (Å²) in [5.74, 6) is -0.0739. The molecule has 0 saturated heterocycles. The van der Waals surface area contributed by atoms with E-state index in [1.54, 1.807) is 4.90 Å². The number of carbonyl (C=O) groups is 1. The normalized spacial score (nSPS) is 12.4. The highest BCUT2D eigenvalue weighted by atomic mass is 35.5. The molecule has 138 valence electrons. The Balaban J connectivity index is 2.27. The molecule has 10 heteroatoms. The lowest BCUT2D eigenvalue weighted by Gasteiger charge is -2.30. The first-order valence-corrected chi connectivity index (χ1v) is 8.94. The Labute approximate surface area is 152 Å². The quantitative estimate of drug-likeness (QED) is 0.715. The number of hydrogen-bond donors (Lipinski definition) is 0. The molecule has 1 amide bonds. The molecule has 0 bridgehead atoms. The first-order chi connectivity index (χ1) is 11.5. The summed E-state index contributed by atoms with van der Waals surface area (Å²) in [6, 6.07) is 0.855. The minimum Gasteiger partial charge on any atom is -0.337 e. The predicted octanol–water partition coefficient (Wildman–Crippen LogP) is 4.14. The zero-order valence-electron chi connectivity index (χ0n) is 14.1. The van der Waals surface area contributed by atoms with Gasteiger partial charge in [-0.3, -0.25) is 9.20 Å². The van der Waals surface area contributed by atoms with E-state index in [2.05, 4.69) is 10.2 Å². The van der Waals surface area contributed by atoms with Crippen molar-refractivity contribution in [3.05, 3.63) is 22.8 Å². The predicted molar refractivity (Wildman–Crippen MR) is 90.8 cm³/mol. The van der Waals surface area contributed by atoms with Gasteiger partial charge in [0.2, 0.25) is 5.91 Å². The molecular formula is C15H18ClF3N4OS. The number of aromatic nitrogens is 3. The molecule has 0 aliphatic heterocycles. The van der Waals surface area contributed by atoms with Crippen molar-refractivity contribution in [2.24, 2.45) is 0 Å². The van der Waals surface area contributed by atoms with Crippen molar-refractivity contribution in [3.8, 4) is 0 Å². The Hall–Kier alpha value is -1.48. The Morgan fingerprint density at radius 2 is 1.88 bits per heavy atom. The van der Waals surface area contributed by atoms with Crippen LogP contribution in [-0.2, 0) is 11.0 Å². The molecule has 0 spiro atoms. The monoisotopic (exact) mass is 394 g/mol. The summed E-state index contributed by atoms with van der Waals surface area (Å²) in [7, 11) is 0. The van der Waals surface area contributed by atoms with Crippen LogP contribution in [0.25, 0.3) is 5.65 Å². The fraction of sp³-hybridized carbons (Fsp3) is 0.533. The highest BCUT2D eigenvalue weighted by Gasteiger charge is 2.32. The van der Waals surface area contributed by atoms with E-state index >= 15 is 0 Å². The van der Waals surface area contributed by atoms with Crippen LogP contribution >= 0.6 is 23.4 Å². The number of halogens is 4. The van der Waals surface area contributed by atoms with Crippen molar-refractivity contribution < 1.29 is 18.0 Å². The minimum atomic E-state index is -4.54. The molecule has 0 aliphatic rings. The Kier molecular flexibility index (Phi) is 5.88. The number of pyridine rings is 1. The van der Waals surface area contributed by atoms with Gasteiger partial charge in [-0.1, -0.05) is 23.4 Å². The van der Waals surface area contributed by atoms with E-state index in [1.807, 2.05) is 27.7 Å². The number of rotatable bonds is 5. The maximum Gasteiger partial charge on any atom is 0.417 e. The average Bonchev–Trinajstić information content (AvgIpc) is 2.87. The van der Waals surface area contributed by atoms with Crippen LogP contribution in [0.5, 0.6) is 0 Å². The molecule has 0 unspecified atom stereocenters. The third kappa shape index (κ3) is 4.38. The van der Waals surface area contributed by atoms with Gasteiger partial charge in [0.1, 0.15) is 0 Å². The second-order valence-electron chi connectivity index (χ2n) is 6.03. The lowest BCUT2D eigenvalue weighted by atomic mass is 10.2. The number of amides is 1. The molecule has 0 N–H and O–H groups in total. The number of nitrogens with zero attached hydrogens (tertiary/aromatic N) is 4. The van der Waals surface area contributed by atoms with Gasteiger partial charge < -0.3 is 4.90 Å². The second-order valence-corrected chi connectivity index (χ2v) is 7.38. The van der Waals surface area contributed by atoms with Crippen LogP contribution in [-0.4, -0.2) is 43.2 Å². The van der Waals surface area contributed by atoms with Crippen molar-refractivity contribution in [3.63, 3.8) is 0 Å². The first kappa shape index (κ1) is 19.8. The van der Waals surface area contributed by atoms with Gasteiger partial charge in [-0.25, -0.2) is 0 Å². The van der Waals surface area contributed by atoms with Gasteiger partial charge in [0.15, 0.2) is 10.8 Å². The van der Waals surface area contributed by atoms with Crippen molar-refractivity contribution in [1.82, 2.24) is 19.5 Å². The molecule has 0 atom stereocenters. The second kappa shape index (κ2) is 7.41. The van der Waals surface area contributed by atoms with Crippen LogP contribution in [0.2, 0.25) is 5.02 Å². The minimum absolute atomic E-state index is 0.0227. The number of alkyl halides is 3. The summed E-state index contributed by atoms with van der Waals surface area (Å²) < 4.78 is 40.0. The summed E-state index contributed by atoms with van der Waals surface area (Å²) in [6.07, 6.45) is -3.65. The van der Waals surface area contributed by atoms with Crippen molar-refractivity contribution in [2.45, 2.75) is 51.1 Å². The van der Waals surface area contributed by atoms with Crippen LogP contribution in [0.15, 0.2) is 17.4 Å².